The zero-order valence-electron chi connectivity index (χ0n) is 14.3. The predicted octanol–water partition coefficient (Wildman–Crippen LogP) is 4.04. The third-order valence-corrected chi connectivity index (χ3v) is 5.28. The van der Waals surface area contributed by atoms with E-state index in [1.54, 1.807) is 23.1 Å². The van der Waals surface area contributed by atoms with Gasteiger partial charge >= 0.3 is 0 Å². The van der Waals surface area contributed by atoms with Crippen LogP contribution in [0.4, 0.5) is 4.39 Å². The van der Waals surface area contributed by atoms with Crippen molar-refractivity contribution in [2.75, 3.05) is 13.6 Å². The SMILES string of the molecule is CN(CC1(c2c[nH]c3ccccc23)CC1)C(=O)Cc1ccccc1F. The molecule has 0 unspecified atom stereocenters. The molecule has 4 rings (SSSR count). The van der Waals surface area contributed by atoms with Gasteiger partial charge in [-0.05, 0) is 36.1 Å². The molecule has 1 N–H and O–H groups in total. The number of halogens is 1. The quantitative estimate of drug-likeness (QED) is 0.750. The minimum absolute atomic E-state index is 0.0270. The van der Waals surface area contributed by atoms with Gasteiger partial charge in [0.15, 0.2) is 0 Å². The van der Waals surface area contributed by atoms with Crippen molar-refractivity contribution >= 4 is 16.8 Å². The van der Waals surface area contributed by atoms with Gasteiger partial charge in [0.1, 0.15) is 5.82 Å². The van der Waals surface area contributed by atoms with Crippen LogP contribution in [0.3, 0.4) is 0 Å². The van der Waals surface area contributed by atoms with E-state index in [1.165, 1.54) is 17.0 Å². The first-order valence-electron chi connectivity index (χ1n) is 8.63. The normalized spacial score (nSPS) is 15.3. The summed E-state index contributed by atoms with van der Waals surface area (Å²) < 4.78 is 13.8. The maximum Gasteiger partial charge on any atom is 0.226 e. The monoisotopic (exact) mass is 336 g/mol. The number of fused-ring (bicyclic) bond motifs is 1. The van der Waals surface area contributed by atoms with Crippen molar-refractivity contribution < 1.29 is 9.18 Å². The van der Waals surface area contributed by atoms with Gasteiger partial charge in [-0.2, -0.15) is 0 Å². The van der Waals surface area contributed by atoms with E-state index in [2.05, 4.69) is 23.3 Å². The van der Waals surface area contributed by atoms with Gasteiger partial charge in [-0.1, -0.05) is 36.4 Å². The van der Waals surface area contributed by atoms with Gasteiger partial charge in [-0.3, -0.25) is 4.79 Å². The number of hydrogen-bond acceptors (Lipinski definition) is 1. The second kappa shape index (κ2) is 6.03. The number of nitrogens with one attached hydrogen (secondary N) is 1. The number of H-pyrrole nitrogens is 1. The van der Waals surface area contributed by atoms with Crippen LogP contribution >= 0.6 is 0 Å². The molecule has 1 heterocycles. The Morgan fingerprint density at radius 1 is 1.16 bits per heavy atom. The standard InChI is InChI=1S/C21H21FN2O/c1-24(20(25)12-15-6-2-4-8-18(15)22)14-21(10-11-21)17-13-23-19-9-5-3-7-16(17)19/h2-9,13,23H,10-12,14H2,1H3. The van der Waals surface area contributed by atoms with E-state index in [-0.39, 0.29) is 23.6 Å². The van der Waals surface area contributed by atoms with Crippen molar-refractivity contribution in [1.82, 2.24) is 9.88 Å². The Balaban J connectivity index is 1.51. The molecule has 0 radical (unpaired) electrons. The highest BCUT2D eigenvalue weighted by Gasteiger charge is 2.47. The van der Waals surface area contributed by atoms with E-state index in [9.17, 15) is 9.18 Å². The van der Waals surface area contributed by atoms with Gasteiger partial charge in [0, 0.05) is 36.1 Å². The van der Waals surface area contributed by atoms with Gasteiger partial charge in [-0.25, -0.2) is 4.39 Å². The lowest BCUT2D eigenvalue weighted by Crippen LogP contribution is -2.35. The zero-order chi connectivity index (χ0) is 17.4. The van der Waals surface area contributed by atoms with Crippen molar-refractivity contribution in [3.05, 3.63) is 71.7 Å². The molecule has 0 saturated heterocycles. The first kappa shape index (κ1) is 15.9. The molecule has 1 amide bonds. The largest absolute Gasteiger partial charge is 0.361 e. The van der Waals surface area contributed by atoms with Crippen molar-refractivity contribution in [2.24, 2.45) is 0 Å². The summed E-state index contributed by atoms with van der Waals surface area (Å²) in [6, 6.07) is 14.7. The van der Waals surface area contributed by atoms with E-state index in [1.807, 2.05) is 19.2 Å². The molecule has 0 aliphatic heterocycles. The summed E-state index contributed by atoms with van der Waals surface area (Å²) in [5, 5.41) is 1.23. The Morgan fingerprint density at radius 3 is 2.64 bits per heavy atom. The summed E-state index contributed by atoms with van der Waals surface area (Å²) in [6.45, 7) is 0.669. The highest BCUT2D eigenvalue weighted by Crippen LogP contribution is 2.50. The minimum Gasteiger partial charge on any atom is -0.361 e. The van der Waals surface area contributed by atoms with Crippen LogP contribution in [0, 0.1) is 5.82 Å². The fraction of sp³-hybridized carbons (Fsp3) is 0.286. The van der Waals surface area contributed by atoms with Crippen molar-refractivity contribution in [2.45, 2.75) is 24.7 Å². The van der Waals surface area contributed by atoms with Crippen molar-refractivity contribution in [3.8, 4) is 0 Å². The number of rotatable bonds is 5. The maximum atomic E-state index is 13.8. The van der Waals surface area contributed by atoms with Gasteiger partial charge < -0.3 is 9.88 Å². The highest BCUT2D eigenvalue weighted by molar-refractivity contribution is 5.85. The van der Waals surface area contributed by atoms with E-state index in [0.29, 0.717) is 12.1 Å². The zero-order valence-corrected chi connectivity index (χ0v) is 14.3. The molecule has 2 aromatic carbocycles. The average Bonchev–Trinajstić information content (AvgIpc) is 3.25. The molecule has 25 heavy (non-hydrogen) atoms. The average molecular weight is 336 g/mol. The summed E-state index contributed by atoms with van der Waals surface area (Å²) in [5.41, 5.74) is 2.90. The Morgan fingerprint density at radius 2 is 1.88 bits per heavy atom. The lowest BCUT2D eigenvalue weighted by Gasteiger charge is -2.24. The Bertz CT molecular complexity index is 926. The molecule has 1 aliphatic carbocycles. The predicted molar refractivity (Wildman–Crippen MR) is 97.0 cm³/mol. The van der Waals surface area contributed by atoms with Crippen LogP contribution in [0.25, 0.3) is 10.9 Å². The summed E-state index contributed by atoms with van der Waals surface area (Å²) in [7, 11) is 1.82. The second-order valence-electron chi connectivity index (χ2n) is 7.05. The Labute approximate surface area is 146 Å². The minimum atomic E-state index is -0.318. The van der Waals surface area contributed by atoms with Gasteiger partial charge in [-0.15, -0.1) is 0 Å². The summed E-state index contributed by atoms with van der Waals surface area (Å²) in [4.78, 5) is 17.6. The number of aromatic amines is 1. The highest BCUT2D eigenvalue weighted by atomic mass is 19.1. The molecule has 3 aromatic rings. The topological polar surface area (TPSA) is 36.1 Å². The van der Waals surface area contributed by atoms with E-state index >= 15 is 0 Å². The first-order chi connectivity index (χ1) is 12.1. The molecule has 1 aliphatic rings. The fourth-order valence-electron chi connectivity index (χ4n) is 3.66. The van der Waals surface area contributed by atoms with Crippen LogP contribution in [0.1, 0.15) is 24.0 Å². The number of hydrogen-bond donors (Lipinski definition) is 1. The molecule has 1 fully saturated rings. The number of nitrogens with zero attached hydrogens (tertiary/aromatic N) is 1. The van der Waals surface area contributed by atoms with Crippen LogP contribution in [0.15, 0.2) is 54.7 Å². The molecule has 1 aromatic heterocycles. The second-order valence-corrected chi connectivity index (χ2v) is 7.05. The molecular formula is C21H21FN2O. The molecule has 4 heteroatoms. The van der Waals surface area contributed by atoms with Crippen molar-refractivity contribution in [3.63, 3.8) is 0 Å². The number of likely N-dealkylation sites (N-methyl/N-ethyl adjacent to an activating group) is 1. The Hall–Kier alpha value is -2.62. The fourth-order valence-corrected chi connectivity index (χ4v) is 3.66. The number of para-hydroxylation sites is 1. The number of carbonyl (C=O) groups excluding carboxylic acids is 1. The molecule has 3 nitrogen and oxygen atoms in total. The van der Waals surface area contributed by atoms with Crippen molar-refractivity contribution in [1.29, 1.82) is 0 Å². The number of benzene rings is 2. The third-order valence-electron chi connectivity index (χ3n) is 5.28. The maximum absolute atomic E-state index is 13.8. The Kier molecular flexibility index (Phi) is 3.83. The first-order valence-corrected chi connectivity index (χ1v) is 8.63. The molecular weight excluding hydrogens is 315 g/mol. The smallest absolute Gasteiger partial charge is 0.226 e. The van der Waals surface area contributed by atoms with Gasteiger partial charge in [0.25, 0.3) is 0 Å². The molecule has 1 saturated carbocycles. The summed E-state index contributed by atoms with van der Waals surface area (Å²) in [5.74, 6) is -0.363. The van der Waals surface area contributed by atoms with Crippen LogP contribution in [0.2, 0.25) is 0 Å². The summed E-state index contributed by atoms with van der Waals surface area (Å²) >= 11 is 0. The molecule has 128 valence electrons. The lowest BCUT2D eigenvalue weighted by molar-refractivity contribution is -0.129. The van der Waals surface area contributed by atoms with Crippen LogP contribution < -0.4 is 0 Å². The van der Waals surface area contributed by atoms with E-state index in [0.717, 1.165) is 18.4 Å². The molecule has 0 atom stereocenters. The summed E-state index contributed by atoms with van der Waals surface area (Å²) in [6.07, 6.45) is 4.33. The van der Waals surface area contributed by atoms with Gasteiger partial charge in [0.2, 0.25) is 5.91 Å². The van der Waals surface area contributed by atoms with E-state index < -0.39 is 0 Å². The van der Waals surface area contributed by atoms with Crippen LogP contribution in [-0.4, -0.2) is 29.4 Å². The molecule has 0 spiro atoms. The van der Waals surface area contributed by atoms with Gasteiger partial charge in [0.05, 0.1) is 6.42 Å². The number of amides is 1. The number of aromatic nitrogens is 1. The molecule has 0 bridgehead atoms. The third kappa shape index (κ3) is 2.93. The lowest BCUT2D eigenvalue weighted by atomic mass is 9.94. The number of carbonyl (C=O) groups is 1. The van der Waals surface area contributed by atoms with E-state index in [4.69, 9.17) is 0 Å². The van der Waals surface area contributed by atoms with Crippen LogP contribution in [0.5, 0.6) is 0 Å². The van der Waals surface area contributed by atoms with Crippen LogP contribution in [-0.2, 0) is 16.6 Å².